The van der Waals surface area contributed by atoms with Gasteiger partial charge in [0.1, 0.15) is 11.6 Å². The molecule has 0 spiro atoms. The van der Waals surface area contributed by atoms with Gasteiger partial charge in [-0.05, 0) is 35.4 Å². The monoisotopic (exact) mass is 344 g/mol. The van der Waals surface area contributed by atoms with E-state index in [1.165, 1.54) is 24.3 Å². The Morgan fingerprint density at radius 1 is 0.800 bits per heavy atom. The number of carbonyl (C=O) groups is 2. The minimum Gasteiger partial charge on any atom is -0.504 e. The maximum Gasteiger partial charge on any atom is 0.157 e. The van der Waals surface area contributed by atoms with Gasteiger partial charge >= 0.3 is 0 Å². The van der Waals surface area contributed by atoms with E-state index in [0.29, 0.717) is 11.1 Å². The first-order valence-electron chi connectivity index (χ1n) is 7.89. The van der Waals surface area contributed by atoms with E-state index in [9.17, 15) is 30.0 Å². The molecule has 0 aliphatic carbocycles. The van der Waals surface area contributed by atoms with Crippen molar-refractivity contribution in [3.05, 3.63) is 47.5 Å². The number of aromatic hydroxyl groups is 4. The summed E-state index contributed by atoms with van der Waals surface area (Å²) < 4.78 is 0. The van der Waals surface area contributed by atoms with E-state index < -0.39 is 5.92 Å². The molecule has 0 aliphatic rings. The highest BCUT2D eigenvalue weighted by Crippen LogP contribution is 2.37. The van der Waals surface area contributed by atoms with Crippen molar-refractivity contribution in [2.45, 2.75) is 32.1 Å². The van der Waals surface area contributed by atoms with Crippen LogP contribution in [0, 0.1) is 0 Å². The first kappa shape index (κ1) is 18.3. The minimum absolute atomic E-state index is 0.0137. The molecule has 0 fully saturated rings. The Morgan fingerprint density at radius 2 is 1.28 bits per heavy atom. The molecule has 132 valence electrons. The zero-order valence-corrected chi connectivity index (χ0v) is 13.8. The van der Waals surface area contributed by atoms with E-state index in [4.69, 9.17) is 0 Å². The van der Waals surface area contributed by atoms with Crippen LogP contribution in [0.15, 0.2) is 36.4 Å². The topological polar surface area (TPSA) is 115 Å². The number of carbonyl (C=O) groups excluding carboxylic acids is 2. The molecule has 4 N–H and O–H groups in total. The first-order chi connectivity index (χ1) is 11.8. The van der Waals surface area contributed by atoms with Crippen molar-refractivity contribution in [2.75, 3.05) is 0 Å². The summed E-state index contributed by atoms with van der Waals surface area (Å²) in [4.78, 5) is 23.7. The van der Waals surface area contributed by atoms with Gasteiger partial charge in [0.15, 0.2) is 23.0 Å². The minimum atomic E-state index is -0.546. The van der Waals surface area contributed by atoms with E-state index in [1.807, 2.05) is 0 Å². The predicted molar refractivity (Wildman–Crippen MR) is 90.9 cm³/mol. The normalized spacial score (nSPS) is 10.8. The van der Waals surface area contributed by atoms with Crippen LogP contribution in [0.1, 0.15) is 43.2 Å². The molecule has 0 amide bonds. The summed E-state index contributed by atoms with van der Waals surface area (Å²) >= 11 is 0. The molecule has 6 heteroatoms. The van der Waals surface area contributed by atoms with Crippen molar-refractivity contribution in [2.24, 2.45) is 0 Å². The quantitative estimate of drug-likeness (QED) is 0.453. The molecule has 0 atom stereocenters. The third-order valence-corrected chi connectivity index (χ3v) is 4.02. The molecule has 2 aromatic rings. The fraction of sp³-hybridized carbons (Fsp3) is 0.263. The van der Waals surface area contributed by atoms with Crippen molar-refractivity contribution >= 4 is 11.6 Å². The number of phenolic OH excluding ortho intramolecular Hbond substituents is 4. The molecule has 0 aliphatic heterocycles. The van der Waals surface area contributed by atoms with Gasteiger partial charge in [0.25, 0.3) is 0 Å². The maximum atomic E-state index is 12.2. The van der Waals surface area contributed by atoms with E-state index >= 15 is 0 Å². The number of ketones is 2. The summed E-state index contributed by atoms with van der Waals surface area (Å²) in [6, 6.07) is 8.38. The lowest BCUT2D eigenvalue weighted by atomic mass is 9.85. The Kier molecular flexibility index (Phi) is 5.64. The second-order valence-electron chi connectivity index (χ2n) is 5.86. The van der Waals surface area contributed by atoms with E-state index in [1.54, 1.807) is 19.1 Å². The van der Waals surface area contributed by atoms with Crippen molar-refractivity contribution < 1.29 is 30.0 Å². The second-order valence-corrected chi connectivity index (χ2v) is 5.86. The lowest BCUT2D eigenvalue weighted by Crippen LogP contribution is -2.12. The van der Waals surface area contributed by atoms with Gasteiger partial charge in [0.2, 0.25) is 0 Å². The molecule has 0 saturated carbocycles. The highest BCUT2D eigenvalue weighted by atomic mass is 16.3. The number of benzene rings is 2. The summed E-state index contributed by atoms with van der Waals surface area (Å²) in [6.45, 7) is 1.68. The Labute approximate surface area is 145 Å². The Balaban J connectivity index is 2.39. The highest BCUT2D eigenvalue weighted by Gasteiger charge is 2.21. The van der Waals surface area contributed by atoms with Gasteiger partial charge in [0, 0.05) is 18.8 Å². The van der Waals surface area contributed by atoms with Gasteiger partial charge in [-0.1, -0.05) is 19.1 Å². The van der Waals surface area contributed by atoms with Crippen LogP contribution in [0.25, 0.3) is 0 Å². The average Bonchev–Trinajstić information content (AvgIpc) is 2.57. The molecule has 25 heavy (non-hydrogen) atoms. The van der Waals surface area contributed by atoms with Crippen LogP contribution in [0.4, 0.5) is 0 Å². The zero-order chi connectivity index (χ0) is 18.6. The van der Waals surface area contributed by atoms with Crippen LogP contribution >= 0.6 is 0 Å². The second kappa shape index (κ2) is 7.70. The molecular weight excluding hydrogens is 324 g/mol. The van der Waals surface area contributed by atoms with Gasteiger partial charge in [-0.25, -0.2) is 0 Å². The molecule has 0 heterocycles. The third kappa shape index (κ3) is 4.50. The molecule has 2 aromatic carbocycles. The van der Waals surface area contributed by atoms with Crippen LogP contribution < -0.4 is 0 Å². The lowest BCUT2D eigenvalue weighted by Gasteiger charge is -2.18. The van der Waals surface area contributed by atoms with E-state index in [-0.39, 0.29) is 53.8 Å². The molecule has 0 bridgehead atoms. The van der Waals surface area contributed by atoms with Crippen LogP contribution in [0.2, 0.25) is 0 Å². The van der Waals surface area contributed by atoms with Crippen molar-refractivity contribution in [3.8, 4) is 23.0 Å². The summed E-state index contributed by atoms with van der Waals surface area (Å²) in [5.74, 6) is -2.21. The van der Waals surface area contributed by atoms with Gasteiger partial charge < -0.3 is 20.4 Å². The Morgan fingerprint density at radius 3 is 1.68 bits per heavy atom. The molecule has 0 saturated heterocycles. The number of phenols is 4. The van der Waals surface area contributed by atoms with Gasteiger partial charge in [-0.2, -0.15) is 0 Å². The Bertz CT molecular complexity index is 745. The summed E-state index contributed by atoms with van der Waals surface area (Å²) in [5, 5.41) is 38.4. The van der Waals surface area contributed by atoms with Crippen molar-refractivity contribution in [3.63, 3.8) is 0 Å². The molecular formula is C19H20O6. The van der Waals surface area contributed by atoms with Crippen LogP contribution in [-0.4, -0.2) is 32.0 Å². The fourth-order valence-corrected chi connectivity index (χ4v) is 2.59. The smallest absolute Gasteiger partial charge is 0.157 e. The maximum absolute atomic E-state index is 12.2. The molecule has 2 rings (SSSR count). The molecule has 0 unspecified atom stereocenters. The summed E-state index contributed by atoms with van der Waals surface area (Å²) in [6.07, 6.45) is 0.0811. The van der Waals surface area contributed by atoms with Crippen LogP contribution in [0.3, 0.4) is 0 Å². The molecule has 0 radical (unpaired) electrons. The lowest BCUT2D eigenvalue weighted by molar-refractivity contribution is -0.126. The summed E-state index contributed by atoms with van der Waals surface area (Å²) in [5.41, 5.74) is 1.08. The summed E-state index contributed by atoms with van der Waals surface area (Å²) in [7, 11) is 0. The highest BCUT2D eigenvalue weighted by molar-refractivity contribution is 5.99. The van der Waals surface area contributed by atoms with Crippen LogP contribution in [0.5, 0.6) is 23.0 Å². The number of hydrogen-bond acceptors (Lipinski definition) is 6. The fourth-order valence-electron chi connectivity index (χ4n) is 2.59. The van der Waals surface area contributed by atoms with Gasteiger partial charge in [-0.15, -0.1) is 0 Å². The van der Waals surface area contributed by atoms with E-state index in [0.717, 1.165) is 0 Å². The standard InChI is InChI=1S/C19H20O6/c1-2-13(20)9-14(21)10-15(11-3-5-16(22)18(24)7-11)12-4-6-17(23)19(25)8-12/h3-8,15,22-25H,2,9-10H2,1H3. The zero-order valence-electron chi connectivity index (χ0n) is 13.8. The Hall–Kier alpha value is -3.02. The van der Waals surface area contributed by atoms with Crippen molar-refractivity contribution in [1.29, 1.82) is 0 Å². The number of rotatable bonds is 7. The third-order valence-electron chi connectivity index (χ3n) is 4.02. The van der Waals surface area contributed by atoms with Gasteiger partial charge in [0.05, 0.1) is 6.42 Å². The molecule has 6 nitrogen and oxygen atoms in total. The predicted octanol–water partition coefficient (Wildman–Crippen LogP) is 2.97. The van der Waals surface area contributed by atoms with Gasteiger partial charge in [-0.3, -0.25) is 9.59 Å². The number of Topliss-reactive ketones (excluding diaryl/α,β-unsaturated/α-hetero) is 2. The van der Waals surface area contributed by atoms with Crippen molar-refractivity contribution in [1.82, 2.24) is 0 Å². The largest absolute Gasteiger partial charge is 0.504 e. The first-order valence-corrected chi connectivity index (χ1v) is 7.89. The van der Waals surface area contributed by atoms with Crippen LogP contribution in [-0.2, 0) is 9.59 Å². The number of hydrogen-bond donors (Lipinski definition) is 4. The average molecular weight is 344 g/mol. The molecule has 0 aromatic heterocycles. The van der Waals surface area contributed by atoms with E-state index in [2.05, 4.69) is 0 Å². The SMILES string of the molecule is CCC(=O)CC(=O)CC(c1ccc(O)c(O)c1)c1ccc(O)c(O)c1.